The number of rotatable bonds is 4. The highest BCUT2D eigenvalue weighted by atomic mass is 16.4. The maximum absolute atomic E-state index is 12.9. The summed E-state index contributed by atoms with van der Waals surface area (Å²) in [6.45, 7) is 4.61. The summed E-state index contributed by atoms with van der Waals surface area (Å²) < 4.78 is 0. The Kier molecular flexibility index (Phi) is 5.28. The second-order valence-electron chi connectivity index (χ2n) is 8.81. The quantitative estimate of drug-likeness (QED) is 0.656. The predicted octanol–water partition coefficient (Wildman–Crippen LogP) is 3.08. The van der Waals surface area contributed by atoms with Crippen molar-refractivity contribution in [3.8, 4) is 11.4 Å². The summed E-state index contributed by atoms with van der Waals surface area (Å²) in [7, 11) is 0. The number of hydrogen-bond acceptors (Lipinski definition) is 5. The maximum atomic E-state index is 12.9. The number of hydrogen-bond donors (Lipinski definition) is 2. The number of benzene rings is 1. The smallest absolute Gasteiger partial charge is 0.307 e. The summed E-state index contributed by atoms with van der Waals surface area (Å²) in [5.41, 5.74) is 4.06. The van der Waals surface area contributed by atoms with Crippen LogP contribution in [0.3, 0.4) is 0 Å². The number of piperazine rings is 1. The van der Waals surface area contributed by atoms with Crippen molar-refractivity contribution in [3.63, 3.8) is 0 Å². The Bertz CT molecular complexity index is 1150. The third kappa shape index (κ3) is 3.81. The summed E-state index contributed by atoms with van der Waals surface area (Å²) in [5, 5.41) is 9.39. The molecule has 1 saturated carbocycles. The van der Waals surface area contributed by atoms with Crippen LogP contribution in [0.15, 0.2) is 36.5 Å². The Balaban J connectivity index is 1.23. The largest absolute Gasteiger partial charge is 0.481 e. The van der Waals surface area contributed by atoms with Gasteiger partial charge in [-0.25, -0.2) is 9.97 Å². The number of carbonyl (C=O) groups is 2. The van der Waals surface area contributed by atoms with Gasteiger partial charge in [0.15, 0.2) is 0 Å². The van der Waals surface area contributed by atoms with Gasteiger partial charge in [0.2, 0.25) is 5.91 Å². The minimum Gasteiger partial charge on any atom is -0.481 e. The van der Waals surface area contributed by atoms with Crippen molar-refractivity contribution in [2.45, 2.75) is 26.2 Å². The number of anilines is 1. The van der Waals surface area contributed by atoms with Crippen LogP contribution in [0, 0.1) is 18.8 Å². The molecule has 2 atom stereocenters. The van der Waals surface area contributed by atoms with Gasteiger partial charge in [0, 0.05) is 37.9 Å². The van der Waals surface area contributed by atoms with Crippen molar-refractivity contribution in [2.24, 2.45) is 11.8 Å². The molecule has 0 bridgehead atoms. The van der Waals surface area contributed by atoms with E-state index in [-0.39, 0.29) is 11.8 Å². The highest BCUT2D eigenvalue weighted by Gasteiger charge is 2.40. The number of imidazole rings is 1. The van der Waals surface area contributed by atoms with Crippen LogP contribution in [0.5, 0.6) is 0 Å². The monoisotopic (exact) mass is 433 g/mol. The lowest BCUT2D eigenvalue weighted by atomic mass is 9.94. The van der Waals surface area contributed by atoms with Crippen LogP contribution in [0.2, 0.25) is 0 Å². The third-order valence-corrected chi connectivity index (χ3v) is 6.72. The predicted molar refractivity (Wildman–Crippen MR) is 121 cm³/mol. The van der Waals surface area contributed by atoms with E-state index in [4.69, 9.17) is 0 Å². The first-order valence-corrected chi connectivity index (χ1v) is 11.2. The number of aliphatic carboxylic acids is 1. The summed E-state index contributed by atoms with van der Waals surface area (Å²) in [6, 6.07) is 10.1. The molecule has 1 amide bonds. The van der Waals surface area contributed by atoms with Crippen LogP contribution in [-0.2, 0) is 9.59 Å². The summed E-state index contributed by atoms with van der Waals surface area (Å²) in [5.74, 6) is -0.0796. The number of nitrogens with one attached hydrogen (secondary N) is 1. The normalized spacial score (nSPS) is 21.3. The van der Waals surface area contributed by atoms with Crippen LogP contribution < -0.4 is 4.90 Å². The van der Waals surface area contributed by atoms with Gasteiger partial charge in [-0.2, -0.15) is 0 Å². The second-order valence-corrected chi connectivity index (χ2v) is 8.81. The fourth-order valence-electron chi connectivity index (χ4n) is 4.92. The minimum atomic E-state index is -0.844. The van der Waals surface area contributed by atoms with Crippen molar-refractivity contribution in [2.75, 3.05) is 31.1 Å². The Morgan fingerprint density at radius 1 is 1.06 bits per heavy atom. The first kappa shape index (κ1) is 20.5. The van der Waals surface area contributed by atoms with Gasteiger partial charge in [0.1, 0.15) is 11.6 Å². The van der Waals surface area contributed by atoms with Gasteiger partial charge in [0.05, 0.1) is 22.9 Å². The Morgan fingerprint density at radius 2 is 1.84 bits per heavy atom. The zero-order chi connectivity index (χ0) is 22.2. The molecule has 2 N–H and O–H groups in total. The summed E-state index contributed by atoms with van der Waals surface area (Å²) >= 11 is 0. The van der Waals surface area contributed by atoms with Gasteiger partial charge in [-0.15, -0.1) is 0 Å². The summed E-state index contributed by atoms with van der Waals surface area (Å²) in [6.07, 6.45) is 3.93. The van der Waals surface area contributed by atoms with E-state index in [0.717, 1.165) is 34.7 Å². The zero-order valence-electron chi connectivity index (χ0n) is 18.1. The van der Waals surface area contributed by atoms with Gasteiger partial charge in [0.25, 0.3) is 0 Å². The Labute approximate surface area is 186 Å². The van der Waals surface area contributed by atoms with Gasteiger partial charge in [-0.1, -0.05) is 12.5 Å². The molecule has 3 aromatic rings. The fraction of sp³-hybridized carbons (Fsp3) is 0.417. The molecule has 0 unspecified atom stereocenters. The number of pyridine rings is 1. The van der Waals surface area contributed by atoms with E-state index < -0.39 is 11.9 Å². The van der Waals surface area contributed by atoms with Crippen molar-refractivity contribution < 1.29 is 14.7 Å². The van der Waals surface area contributed by atoms with E-state index in [2.05, 4.69) is 32.8 Å². The van der Waals surface area contributed by atoms with E-state index in [1.54, 1.807) is 0 Å². The first-order chi connectivity index (χ1) is 15.5. The first-order valence-electron chi connectivity index (χ1n) is 11.2. The molecule has 2 aliphatic rings. The molecular formula is C24H27N5O3. The summed E-state index contributed by atoms with van der Waals surface area (Å²) in [4.78, 5) is 41.0. The number of carboxylic acids is 1. The standard InChI is InChI=1S/C24H27N5O3/c1-15-5-7-19-20(13-15)27-22(26-19)16-6-8-21(25-14-16)28-9-11-29(12-10-28)23(30)17-3-2-4-18(17)24(31)32/h5-8,13-14,17-18H,2-4,9-12H2,1H3,(H,26,27)(H,31,32)/t17-,18-/m1/s1. The number of aryl methyl sites for hydroxylation is 1. The molecule has 1 saturated heterocycles. The van der Waals surface area contributed by atoms with E-state index in [1.165, 1.54) is 5.56 Å². The molecule has 0 radical (unpaired) electrons. The number of carbonyl (C=O) groups excluding carboxylic acids is 1. The molecule has 3 heterocycles. The molecule has 1 aliphatic carbocycles. The van der Waals surface area contributed by atoms with Gasteiger partial charge in [-0.3, -0.25) is 9.59 Å². The number of carboxylic acid groups (broad SMARTS) is 1. The number of H-pyrrole nitrogens is 1. The minimum absolute atomic E-state index is 0.00187. The van der Waals surface area contributed by atoms with Crippen LogP contribution >= 0.6 is 0 Å². The molecule has 0 spiro atoms. The molecule has 8 heteroatoms. The molecule has 32 heavy (non-hydrogen) atoms. The molecule has 5 rings (SSSR count). The number of nitrogens with zero attached hydrogens (tertiary/aromatic N) is 4. The number of aromatic amines is 1. The molecule has 2 fully saturated rings. The molecule has 2 aromatic heterocycles. The van der Waals surface area contributed by atoms with Crippen molar-refractivity contribution in [3.05, 3.63) is 42.1 Å². The highest BCUT2D eigenvalue weighted by molar-refractivity contribution is 5.85. The van der Waals surface area contributed by atoms with Crippen LogP contribution in [0.4, 0.5) is 5.82 Å². The van der Waals surface area contributed by atoms with Gasteiger partial charge < -0.3 is 19.9 Å². The fourth-order valence-corrected chi connectivity index (χ4v) is 4.92. The average molecular weight is 434 g/mol. The number of aromatic nitrogens is 3. The van der Waals surface area contributed by atoms with Crippen molar-refractivity contribution in [1.82, 2.24) is 19.9 Å². The van der Waals surface area contributed by atoms with Crippen LogP contribution in [0.25, 0.3) is 22.4 Å². The van der Waals surface area contributed by atoms with E-state index in [0.29, 0.717) is 39.0 Å². The van der Waals surface area contributed by atoms with E-state index in [1.807, 2.05) is 35.4 Å². The number of fused-ring (bicyclic) bond motifs is 1. The Hall–Kier alpha value is -3.42. The molecular weight excluding hydrogens is 406 g/mol. The van der Waals surface area contributed by atoms with Crippen LogP contribution in [-0.4, -0.2) is 63.0 Å². The number of amides is 1. The van der Waals surface area contributed by atoms with Crippen molar-refractivity contribution >= 4 is 28.7 Å². The molecule has 1 aromatic carbocycles. The van der Waals surface area contributed by atoms with Gasteiger partial charge in [-0.05, 0) is 49.6 Å². The lowest BCUT2D eigenvalue weighted by molar-refractivity contribution is -0.149. The average Bonchev–Trinajstić information content (AvgIpc) is 3.46. The van der Waals surface area contributed by atoms with E-state index in [9.17, 15) is 14.7 Å². The topological polar surface area (TPSA) is 102 Å². The highest BCUT2D eigenvalue weighted by Crippen LogP contribution is 2.33. The SMILES string of the molecule is Cc1ccc2nc(-c3ccc(N4CCN(C(=O)[C@@H]5CCC[C@H]5C(=O)O)CC4)nc3)[nH]c2c1. The lowest BCUT2D eigenvalue weighted by Crippen LogP contribution is -2.51. The molecule has 8 nitrogen and oxygen atoms in total. The van der Waals surface area contributed by atoms with Crippen molar-refractivity contribution in [1.29, 1.82) is 0 Å². The third-order valence-electron chi connectivity index (χ3n) is 6.72. The lowest BCUT2D eigenvalue weighted by Gasteiger charge is -2.37. The zero-order valence-corrected chi connectivity index (χ0v) is 18.1. The molecule has 166 valence electrons. The maximum Gasteiger partial charge on any atom is 0.307 e. The van der Waals surface area contributed by atoms with E-state index >= 15 is 0 Å². The Morgan fingerprint density at radius 3 is 2.56 bits per heavy atom. The van der Waals surface area contributed by atoms with Gasteiger partial charge >= 0.3 is 5.97 Å². The second kappa shape index (κ2) is 8.26. The van der Waals surface area contributed by atoms with Crippen LogP contribution in [0.1, 0.15) is 24.8 Å². The molecule has 1 aliphatic heterocycles.